The molecule has 0 saturated heterocycles. The van der Waals surface area contributed by atoms with E-state index in [9.17, 15) is 13.2 Å². The second-order valence-corrected chi connectivity index (χ2v) is 6.62. The van der Waals surface area contributed by atoms with E-state index in [0.717, 1.165) is 12.8 Å². The van der Waals surface area contributed by atoms with Crippen LogP contribution in [-0.2, 0) is 14.8 Å². The van der Waals surface area contributed by atoms with Crippen LogP contribution >= 0.6 is 0 Å². The summed E-state index contributed by atoms with van der Waals surface area (Å²) in [6.45, 7) is 1.41. The van der Waals surface area contributed by atoms with Crippen molar-refractivity contribution in [2.75, 3.05) is 6.61 Å². The van der Waals surface area contributed by atoms with Gasteiger partial charge in [0.1, 0.15) is 5.75 Å². The van der Waals surface area contributed by atoms with Gasteiger partial charge in [0.25, 0.3) is 0 Å². The monoisotopic (exact) mass is 299 g/mol. The highest BCUT2D eigenvalue weighted by Gasteiger charge is 2.31. The molecule has 1 saturated carbocycles. The van der Waals surface area contributed by atoms with Crippen LogP contribution in [0.15, 0.2) is 29.2 Å². The number of hydrogen-bond acceptors (Lipinski definition) is 4. The lowest BCUT2D eigenvalue weighted by Crippen LogP contribution is -2.33. The van der Waals surface area contributed by atoms with Gasteiger partial charge < -0.3 is 9.84 Å². The normalized spacial score (nSPS) is 16.6. The maximum atomic E-state index is 12.1. The van der Waals surface area contributed by atoms with Crippen molar-refractivity contribution in [1.82, 2.24) is 4.72 Å². The van der Waals surface area contributed by atoms with Crippen LogP contribution in [0.25, 0.3) is 0 Å². The van der Waals surface area contributed by atoms with E-state index in [-0.39, 0.29) is 10.9 Å². The number of carboxylic acid groups (broad SMARTS) is 1. The van der Waals surface area contributed by atoms with Gasteiger partial charge in [0.15, 0.2) is 6.61 Å². The summed E-state index contributed by atoms with van der Waals surface area (Å²) in [4.78, 5) is 10.5. The lowest BCUT2D eigenvalue weighted by atomic mass is 10.2. The average molecular weight is 299 g/mol. The van der Waals surface area contributed by atoms with Crippen LogP contribution < -0.4 is 9.46 Å². The predicted octanol–water partition coefficient (Wildman–Crippen LogP) is 1.23. The van der Waals surface area contributed by atoms with Crippen LogP contribution in [0.1, 0.15) is 19.8 Å². The number of benzene rings is 1. The molecule has 1 unspecified atom stereocenters. The summed E-state index contributed by atoms with van der Waals surface area (Å²) in [5.41, 5.74) is 0. The van der Waals surface area contributed by atoms with Crippen molar-refractivity contribution in [3.05, 3.63) is 24.3 Å². The lowest BCUT2D eigenvalue weighted by Gasteiger charge is -2.13. The molecule has 0 aromatic heterocycles. The molecule has 0 spiro atoms. The van der Waals surface area contributed by atoms with E-state index in [2.05, 4.69) is 4.72 Å². The van der Waals surface area contributed by atoms with E-state index >= 15 is 0 Å². The number of carboxylic acids is 1. The van der Waals surface area contributed by atoms with E-state index in [4.69, 9.17) is 9.84 Å². The van der Waals surface area contributed by atoms with Gasteiger partial charge in [-0.15, -0.1) is 0 Å². The van der Waals surface area contributed by atoms with E-state index in [1.165, 1.54) is 24.3 Å². The summed E-state index contributed by atoms with van der Waals surface area (Å²) >= 11 is 0. The zero-order chi connectivity index (χ0) is 14.8. The van der Waals surface area contributed by atoms with Crippen molar-refractivity contribution in [2.24, 2.45) is 5.92 Å². The van der Waals surface area contributed by atoms with Gasteiger partial charge in [0.2, 0.25) is 10.0 Å². The minimum Gasteiger partial charge on any atom is -0.482 e. The number of aliphatic carboxylic acids is 1. The van der Waals surface area contributed by atoms with Crippen LogP contribution in [0, 0.1) is 5.92 Å². The quantitative estimate of drug-likeness (QED) is 0.790. The summed E-state index contributed by atoms with van der Waals surface area (Å²) in [5, 5.41) is 8.48. The maximum absolute atomic E-state index is 12.1. The Hall–Kier alpha value is -1.60. The van der Waals surface area contributed by atoms with Crippen LogP contribution in [0.5, 0.6) is 5.75 Å². The number of hydrogen-bond donors (Lipinski definition) is 2. The Morgan fingerprint density at radius 2 is 2.00 bits per heavy atom. The van der Waals surface area contributed by atoms with E-state index in [1.807, 2.05) is 6.92 Å². The Labute approximate surface area is 117 Å². The number of ether oxygens (including phenoxy) is 1. The van der Waals surface area contributed by atoms with Crippen LogP contribution in [0.4, 0.5) is 0 Å². The third kappa shape index (κ3) is 3.94. The summed E-state index contributed by atoms with van der Waals surface area (Å²) in [6, 6.07) is 5.62. The molecule has 7 heteroatoms. The second kappa shape index (κ2) is 5.80. The van der Waals surface area contributed by atoms with Gasteiger partial charge in [0, 0.05) is 6.04 Å². The SMILES string of the molecule is CC(NS(=O)(=O)c1ccc(OCC(=O)O)cc1)C1CC1. The van der Waals surface area contributed by atoms with Crippen molar-refractivity contribution >= 4 is 16.0 Å². The fourth-order valence-corrected chi connectivity index (χ4v) is 3.18. The number of carbonyl (C=O) groups is 1. The molecule has 0 radical (unpaired) electrons. The summed E-state index contributed by atoms with van der Waals surface area (Å²) in [5.74, 6) is -0.328. The molecular formula is C13H17NO5S. The topological polar surface area (TPSA) is 92.7 Å². The fourth-order valence-electron chi connectivity index (χ4n) is 1.87. The largest absolute Gasteiger partial charge is 0.482 e. The molecule has 1 atom stereocenters. The molecule has 0 aliphatic heterocycles. The first-order valence-corrected chi connectivity index (χ1v) is 7.84. The van der Waals surface area contributed by atoms with Crippen molar-refractivity contribution < 1.29 is 23.1 Å². The highest BCUT2D eigenvalue weighted by atomic mass is 32.2. The number of sulfonamides is 1. The van der Waals surface area contributed by atoms with Gasteiger partial charge in [-0.3, -0.25) is 0 Å². The predicted molar refractivity (Wildman–Crippen MR) is 72.1 cm³/mol. The Morgan fingerprint density at radius 3 is 2.50 bits per heavy atom. The molecule has 1 aromatic carbocycles. The molecule has 0 heterocycles. The van der Waals surface area contributed by atoms with Crippen molar-refractivity contribution in [1.29, 1.82) is 0 Å². The Kier molecular flexibility index (Phi) is 4.29. The molecule has 0 amide bonds. The fraction of sp³-hybridized carbons (Fsp3) is 0.462. The second-order valence-electron chi connectivity index (χ2n) is 4.90. The van der Waals surface area contributed by atoms with E-state index < -0.39 is 22.6 Å². The molecule has 1 fully saturated rings. The van der Waals surface area contributed by atoms with Crippen LogP contribution in [0.3, 0.4) is 0 Å². The zero-order valence-electron chi connectivity index (χ0n) is 11.1. The molecular weight excluding hydrogens is 282 g/mol. The molecule has 2 rings (SSSR count). The van der Waals surface area contributed by atoms with E-state index in [0.29, 0.717) is 11.7 Å². The van der Waals surface area contributed by atoms with Crippen LogP contribution in [-0.4, -0.2) is 32.1 Å². The highest BCUT2D eigenvalue weighted by molar-refractivity contribution is 7.89. The van der Waals surface area contributed by atoms with Crippen molar-refractivity contribution in [3.63, 3.8) is 0 Å². The molecule has 1 aliphatic carbocycles. The third-order valence-corrected chi connectivity index (χ3v) is 4.74. The molecule has 1 aliphatic rings. The van der Waals surface area contributed by atoms with Crippen molar-refractivity contribution in [2.45, 2.75) is 30.7 Å². The molecule has 6 nitrogen and oxygen atoms in total. The van der Waals surface area contributed by atoms with E-state index in [1.54, 1.807) is 0 Å². The minimum atomic E-state index is -3.53. The molecule has 0 bridgehead atoms. The van der Waals surface area contributed by atoms with Gasteiger partial charge in [-0.1, -0.05) is 0 Å². The summed E-state index contributed by atoms with van der Waals surface area (Å²) < 4.78 is 31.8. The zero-order valence-corrected chi connectivity index (χ0v) is 11.9. The Morgan fingerprint density at radius 1 is 1.40 bits per heavy atom. The molecule has 20 heavy (non-hydrogen) atoms. The number of nitrogens with one attached hydrogen (secondary N) is 1. The molecule has 110 valence electrons. The Balaban J connectivity index is 2.02. The maximum Gasteiger partial charge on any atom is 0.341 e. The van der Waals surface area contributed by atoms with Gasteiger partial charge in [-0.25, -0.2) is 17.9 Å². The van der Waals surface area contributed by atoms with Gasteiger partial charge in [-0.05, 0) is 49.9 Å². The van der Waals surface area contributed by atoms with Crippen molar-refractivity contribution in [3.8, 4) is 5.75 Å². The minimum absolute atomic E-state index is 0.0667. The first kappa shape index (κ1) is 14.8. The average Bonchev–Trinajstić information content (AvgIpc) is 3.20. The first-order chi connectivity index (χ1) is 9.38. The summed E-state index contributed by atoms with van der Waals surface area (Å²) in [6.07, 6.45) is 2.12. The first-order valence-electron chi connectivity index (χ1n) is 6.35. The summed E-state index contributed by atoms with van der Waals surface area (Å²) in [7, 11) is -3.53. The Bertz CT molecular complexity index is 577. The van der Waals surface area contributed by atoms with Gasteiger partial charge in [-0.2, -0.15) is 0 Å². The molecule has 1 aromatic rings. The van der Waals surface area contributed by atoms with Gasteiger partial charge >= 0.3 is 5.97 Å². The lowest BCUT2D eigenvalue weighted by molar-refractivity contribution is -0.139. The highest BCUT2D eigenvalue weighted by Crippen LogP contribution is 2.33. The number of rotatable bonds is 7. The van der Waals surface area contributed by atoms with Crippen LogP contribution in [0.2, 0.25) is 0 Å². The standard InChI is InChI=1S/C13H17NO5S/c1-9(10-2-3-10)14-20(17,18)12-6-4-11(5-7-12)19-8-13(15)16/h4-7,9-10,14H,2-3,8H2,1H3,(H,15,16). The molecule has 2 N–H and O–H groups in total. The third-order valence-electron chi connectivity index (χ3n) is 3.17. The van der Waals surface area contributed by atoms with Gasteiger partial charge in [0.05, 0.1) is 4.90 Å². The smallest absolute Gasteiger partial charge is 0.341 e.